The number of fused-ring (bicyclic) bond motifs is 1. The molecule has 0 radical (unpaired) electrons. The molecule has 2 aromatic carbocycles. The minimum atomic E-state index is -4.41. The van der Waals surface area contributed by atoms with E-state index in [0.29, 0.717) is 0 Å². The van der Waals surface area contributed by atoms with E-state index in [-0.39, 0.29) is 24.7 Å². The van der Waals surface area contributed by atoms with Gasteiger partial charge in [0.1, 0.15) is 0 Å². The number of para-hydroxylation sites is 1. The van der Waals surface area contributed by atoms with Crippen molar-refractivity contribution in [2.24, 2.45) is 5.73 Å². The quantitative estimate of drug-likeness (QED) is 0.870. The van der Waals surface area contributed by atoms with Crippen LogP contribution in [0.25, 0.3) is 0 Å². The first kappa shape index (κ1) is 18.1. The Hall–Kier alpha value is -2.70. The number of hydrogen-bond acceptors (Lipinski definition) is 2. The molecule has 3 N–H and O–H groups in total. The van der Waals surface area contributed by atoms with Gasteiger partial charge in [0, 0.05) is 24.8 Å². The summed E-state index contributed by atoms with van der Waals surface area (Å²) in [4.78, 5) is 13.0. The summed E-state index contributed by atoms with van der Waals surface area (Å²) in [5.74, 6) is 0. The Morgan fingerprint density at radius 3 is 2.58 bits per heavy atom. The summed E-state index contributed by atoms with van der Waals surface area (Å²) in [6, 6.07) is 12.5. The summed E-state index contributed by atoms with van der Waals surface area (Å²) in [7, 11) is 0. The van der Waals surface area contributed by atoms with Gasteiger partial charge in [-0.1, -0.05) is 36.4 Å². The summed E-state index contributed by atoms with van der Waals surface area (Å²) in [6.07, 6.45) is -2.88. The lowest BCUT2D eigenvalue weighted by Gasteiger charge is -2.39. The zero-order chi connectivity index (χ0) is 18.7. The summed E-state index contributed by atoms with van der Waals surface area (Å²) >= 11 is 0. The molecule has 0 bridgehead atoms. The second-order valence-electron chi connectivity index (χ2n) is 6.35. The number of benzene rings is 2. The number of anilines is 1. The highest BCUT2D eigenvalue weighted by atomic mass is 19.4. The Labute approximate surface area is 149 Å². The SMILES string of the molecule is NC(=O)NCC1CCc2ccccc2N1Cc1ccccc1C(F)(F)F. The molecule has 0 aliphatic carbocycles. The van der Waals surface area contributed by atoms with Crippen molar-refractivity contribution in [2.45, 2.75) is 31.6 Å². The van der Waals surface area contributed by atoms with Crippen LogP contribution in [0.15, 0.2) is 48.5 Å². The lowest BCUT2D eigenvalue weighted by molar-refractivity contribution is -0.138. The number of rotatable bonds is 4. The van der Waals surface area contributed by atoms with Crippen LogP contribution in [0, 0.1) is 0 Å². The van der Waals surface area contributed by atoms with Gasteiger partial charge in [0.2, 0.25) is 0 Å². The van der Waals surface area contributed by atoms with Crippen LogP contribution in [0.4, 0.5) is 23.7 Å². The highest BCUT2D eigenvalue weighted by Gasteiger charge is 2.34. The molecule has 0 fully saturated rings. The maximum Gasteiger partial charge on any atom is 0.416 e. The number of nitrogens with one attached hydrogen (secondary N) is 1. The number of aryl methyl sites for hydroxylation is 1. The van der Waals surface area contributed by atoms with Crippen molar-refractivity contribution < 1.29 is 18.0 Å². The Morgan fingerprint density at radius 2 is 1.85 bits per heavy atom. The molecule has 26 heavy (non-hydrogen) atoms. The number of hydrogen-bond donors (Lipinski definition) is 2. The predicted octanol–water partition coefficient (Wildman–Crippen LogP) is 3.70. The maximum absolute atomic E-state index is 13.4. The third-order valence-corrected chi connectivity index (χ3v) is 4.66. The van der Waals surface area contributed by atoms with Gasteiger partial charge in [0.15, 0.2) is 0 Å². The van der Waals surface area contributed by atoms with Gasteiger partial charge in [-0.05, 0) is 36.1 Å². The zero-order valence-electron chi connectivity index (χ0n) is 14.1. The molecule has 0 saturated heterocycles. The second kappa shape index (κ2) is 7.27. The number of carbonyl (C=O) groups is 1. The van der Waals surface area contributed by atoms with Crippen LogP contribution < -0.4 is 16.0 Å². The molecule has 1 atom stereocenters. The molecule has 3 rings (SSSR count). The minimum absolute atomic E-state index is 0.109. The Bertz CT molecular complexity index is 792. The van der Waals surface area contributed by atoms with E-state index in [0.717, 1.165) is 30.2 Å². The molecule has 1 aliphatic heterocycles. The predicted molar refractivity (Wildman–Crippen MR) is 93.8 cm³/mol. The average Bonchev–Trinajstić information content (AvgIpc) is 2.60. The standard InChI is InChI=1S/C19H20F3N3O/c20-19(21,22)16-7-3-1-6-14(16)12-25-15(11-24-18(23)26)10-9-13-5-2-4-8-17(13)25/h1-8,15H,9-12H2,(H3,23,24,26). The van der Waals surface area contributed by atoms with Gasteiger partial charge in [0.05, 0.1) is 5.56 Å². The molecular weight excluding hydrogens is 343 g/mol. The minimum Gasteiger partial charge on any atom is -0.362 e. The van der Waals surface area contributed by atoms with Crippen LogP contribution in [0.5, 0.6) is 0 Å². The van der Waals surface area contributed by atoms with Crippen molar-refractivity contribution in [2.75, 3.05) is 11.4 Å². The van der Waals surface area contributed by atoms with Gasteiger partial charge >= 0.3 is 12.2 Å². The van der Waals surface area contributed by atoms with E-state index in [1.165, 1.54) is 12.1 Å². The van der Waals surface area contributed by atoms with Crippen LogP contribution >= 0.6 is 0 Å². The average molecular weight is 363 g/mol. The van der Waals surface area contributed by atoms with Crippen LogP contribution in [0.2, 0.25) is 0 Å². The summed E-state index contributed by atoms with van der Waals surface area (Å²) in [5, 5.41) is 2.58. The number of halogens is 3. The molecule has 1 aliphatic rings. The summed E-state index contributed by atoms with van der Waals surface area (Å²) in [5.41, 5.74) is 6.73. The number of carbonyl (C=O) groups excluding carboxylic acids is 1. The monoisotopic (exact) mass is 363 g/mol. The number of amides is 2. The highest BCUT2D eigenvalue weighted by molar-refractivity contribution is 5.71. The Morgan fingerprint density at radius 1 is 1.15 bits per heavy atom. The van der Waals surface area contributed by atoms with E-state index >= 15 is 0 Å². The van der Waals surface area contributed by atoms with Crippen molar-refractivity contribution in [3.8, 4) is 0 Å². The molecule has 138 valence electrons. The molecule has 0 spiro atoms. The van der Waals surface area contributed by atoms with E-state index in [1.54, 1.807) is 6.07 Å². The fourth-order valence-electron chi connectivity index (χ4n) is 3.44. The van der Waals surface area contributed by atoms with Crippen molar-refractivity contribution in [1.82, 2.24) is 5.32 Å². The smallest absolute Gasteiger partial charge is 0.362 e. The Balaban J connectivity index is 1.95. The van der Waals surface area contributed by atoms with E-state index in [4.69, 9.17) is 5.73 Å². The van der Waals surface area contributed by atoms with E-state index in [9.17, 15) is 18.0 Å². The van der Waals surface area contributed by atoms with Gasteiger partial charge < -0.3 is 16.0 Å². The first-order valence-corrected chi connectivity index (χ1v) is 8.39. The molecule has 1 heterocycles. The van der Waals surface area contributed by atoms with Crippen LogP contribution in [0.3, 0.4) is 0 Å². The molecule has 7 heteroatoms. The molecular formula is C19H20F3N3O. The lowest BCUT2D eigenvalue weighted by atomic mass is 9.94. The first-order chi connectivity index (χ1) is 12.4. The normalized spacial score (nSPS) is 16.9. The molecule has 1 unspecified atom stereocenters. The van der Waals surface area contributed by atoms with E-state index in [2.05, 4.69) is 5.32 Å². The van der Waals surface area contributed by atoms with E-state index in [1.807, 2.05) is 29.2 Å². The highest BCUT2D eigenvalue weighted by Crippen LogP contribution is 2.36. The van der Waals surface area contributed by atoms with Gasteiger partial charge in [-0.3, -0.25) is 0 Å². The van der Waals surface area contributed by atoms with Crippen LogP contribution in [-0.2, 0) is 19.1 Å². The number of primary amides is 1. The second-order valence-corrected chi connectivity index (χ2v) is 6.35. The fraction of sp³-hybridized carbons (Fsp3) is 0.316. The number of alkyl halides is 3. The van der Waals surface area contributed by atoms with E-state index < -0.39 is 17.8 Å². The number of nitrogens with two attached hydrogens (primary N) is 1. The van der Waals surface area contributed by atoms with Gasteiger partial charge in [-0.2, -0.15) is 13.2 Å². The Kier molecular flexibility index (Phi) is 5.06. The third kappa shape index (κ3) is 3.92. The van der Waals surface area contributed by atoms with Gasteiger partial charge in [-0.15, -0.1) is 0 Å². The molecule has 2 aromatic rings. The topological polar surface area (TPSA) is 58.4 Å². The zero-order valence-corrected chi connectivity index (χ0v) is 14.1. The maximum atomic E-state index is 13.4. The van der Waals surface area contributed by atoms with Crippen molar-refractivity contribution in [3.05, 3.63) is 65.2 Å². The third-order valence-electron chi connectivity index (χ3n) is 4.66. The van der Waals surface area contributed by atoms with Gasteiger partial charge in [-0.25, -0.2) is 4.79 Å². The fourth-order valence-corrected chi connectivity index (χ4v) is 3.44. The lowest BCUT2D eigenvalue weighted by Crippen LogP contribution is -2.47. The summed E-state index contributed by atoms with van der Waals surface area (Å²) in [6.45, 7) is 0.398. The molecule has 0 aromatic heterocycles. The van der Waals surface area contributed by atoms with Crippen LogP contribution in [0.1, 0.15) is 23.1 Å². The summed E-state index contributed by atoms with van der Waals surface area (Å²) < 4.78 is 40.1. The first-order valence-electron chi connectivity index (χ1n) is 8.39. The van der Waals surface area contributed by atoms with Crippen molar-refractivity contribution in [3.63, 3.8) is 0 Å². The van der Waals surface area contributed by atoms with Gasteiger partial charge in [0.25, 0.3) is 0 Å². The number of urea groups is 1. The molecule has 4 nitrogen and oxygen atoms in total. The number of nitrogens with zero attached hydrogens (tertiary/aromatic N) is 1. The van der Waals surface area contributed by atoms with Crippen LogP contribution in [-0.4, -0.2) is 18.6 Å². The van der Waals surface area contributed by atoms with Crippen molar-refractivity contribution >= 4 is 11.7 Å². The molecule has 2 amide bonds. The largest absolute Gasteiger partial charge is 0.416 e. The molecule has 0 saturated carbocycles. The van der Waals surface area contributed by atoms with Crippen molar-refractivity contribution in [1.29, 1.82) is 0 Å².